The summed E-state index contributed by atoms with van der Waals surface area (Å²) in [7, 11) is 0. The Morgan fingerprint density at radius 1 is 1.30 bits per heavy atom. The molecule has 0 saturated heterocycles. The second-order valence-electron chi connectivity index (χ2n) is 4.93. The highest BCUT2D eigenvalue weighted by molar-refractivity contribution is 7.99. The molecule has 1 amide bonds. The number of carbonyl (C=O) groups excluding carboxylic acids is 1. The summed E-state index contributed by atoms with van der Waals surface area (Å²) in [5.74, 6) is 1.58. The first-order valence-electron chi connectivity index (χ1n) is 7.16. The molecular weight excluding hydrogens is 312 g/mol. The van der Waals surface area contributed by atoms with Crippen molar-refractivity contribution in [2.24, 2.45) is 0 Å². The highest BCUT2D eigenvalue weighted by atomic mass is 32.2. The summed E-state index contributed by atoms with van der Waals surface area (Å²) < 4.78 is 5.26. The Morgan fingerprint density at radius 3 is 2.87 bits per heavy atom. The van der Waals surface area contributed by atoms with Crippen molar-refractivity contribution < 1.29 is 9.21 Å². The lowest BCUT2D eigenvalue weighted by Crippen LogP contribution is -2.27. The van der Waals surface area contributed by atoms with Gasteiger partial charge >= 0.3 is 0 Å². The Hall–Kier alpha value is -2.54. The molecule has 1 aromatic carbocycles. The third-order valence-electron chi connectivity index (χ3n) is 3.19. The molecule has 0 bridgehead atoms. The highest BCUT2D eigenvalue weighted by Gasteiger charge is 2.13. The van der Waals surface area contributed by atoms with Crippen molar-refractivity contribution in [2.45, 2.75) is 18.1 Å². The smallest absolute Gasteiger partial charge is 0.231 e. The van der Waals surface area contributed by atoms with E-state index in [0.717, 1.165) is 11.3 Å². The summed E-state index contributed by atoms with van der Waals surface area (Å²) in [4.78, 5) is 16.3. The van der Waals surface area contributed by atoms with E-state index in [-0.39, 0.29) is 17.7 Å². The van der Waals surface area contributed by atoms with Gasteiger partial charge in [-0.15, -0.1) is 5.10 Å². The number of aromatic amines is 1. The zero-order chi connectivity index (χ0) is 16.1. The van der Waals surface area contributed by atoms with Gasteiger partial charge in [0, 0.05) is 5.56 Å². The Bertz CT molecular complexity index is 756. The van der Waals surface area contributed by atoms with Gasteiger partial charge in [-0.3, -0.25) is 9.89 Å². The van der Waals surface area contributed by atoms with Crippen LogP contribution in [-0.4, -0.2) is 26.8 Å². The zero-order valence-corrected chi connectivity index (χ0v) is 13.3. The molecule has 3 aromatic rings. The van der Waals surface area contributed by atoms with E-state index in [1.807, 2.05) is 43.3 Å². The second kappa shape index (κ2) is 7.15. The molecule has 2 aromatic heterocycles. The molecule has 1 unspecified atom stereocenters. The van der Waals surface area contributed by atoms with Crippen molar-refractivity contribution in [3.63, 3.8) is 0 Å². The zero-order valence-electron chi connectivity index (χ0n) is 12.5. The van der Waals surface area contributed by atoms with Gasteiger partial charge in [-0.05, 0) is 19.1 Å². The normalized spacial score (nSPS) is 12.0. The van der Waals surface area contributed by atoms with Crippen molar-refractivity contribution in [3.8, 4) is 11.4 Å². The van der Waals surface area contributed by atoms with Crippen LogP contribution in [-0.2, 0) is 4.79 Å². The van der Waals surface area contributed by atoms with Gasteiger partial charge in [0.15, 0.2) is 5.82 Å². The van der Waals surface area contributed by atoms with Crippen LogP contribution in [0.15, 0.2) is 58.3 Å². The molecule has 3 rings (SSSR count). The summed E-state index contributed by atoms with van der Waals surface area (Å²) in [6, 6.07) is 13.2. The van der Waals surface area contributed by atoms with Crippen molar-refractivity contribution in [2.75, 3.05) is 5.75 Å². The lowest BCUT2D eigenvalue weighted by Gasteiger charge is -2.10. The number of H-pyrrole nitrogens is 1. The Morgan fingerprint density at radius 2 is 2.13 bits per heavy atom. The fraction of sp³-hybridized carbons (Fsp3) is 0.188. The third kappa shape index (κ3) is 4.01. The van der Waals surface area contributed by atoms with E-state index in [0.29, 0.717) is 11.0 Å². The van der Waals surface area contributed by atoms with Crippen molar-refractivity contribution >= 4 is 17.7 Å². The minimum atomic E-state index is -0.162. The number of rotatable bonds is 6. The van der Waals surface area contributed by atoms with E-state index in [9.17, 15) is 4.79 Å². The summed E-state index contributed by atoms with van der Waals surface area (Å²) in [5, 5.41) is 10.4. The molecule has 7 heteroatoms. The molecule has 0 fully saturated rings. The maximum atomic E-state index is 12.0. The number of hydrogen-bond donors (Lipinski definition) is 2. The summed E-state index contributed by atoms with van der Waals surface area (Å²) in [6.07, 6.45) is 1.59. The number of carbonyl (C=O) groups is 1. The van der Waals surface area contributed by atoms with Crippen LogP contribution < -0.4 is 5.32 Å². The van der Waals surface area contributed by atoms with E-state index in [1.54, 1.807) is 12.3 Å². The summed E-state index contributed by atoms with van der Waals surface area (Å²) >= 11 is 1.29. The molecule has 0 saturated carbocycles. The Labute approximate surface area is 137 Å². The van der Waals surface area contributed by atoms with E-state index in [1.165, 1.54) is 11.8 Å². The Balaban J connectivity index is 1.52. The molecule has 2 heterocycles. The highest BCUT2D eigenvalue weighted by Crippen LogP contribution is 2.19. The molecule has 23 heavy (non-hydrogen) atoms. The maximum absolute atomic E-state index is 12.0. The molecular formula is C16H16N4O2S. The number of aromatic nitrogens is 3. The minimum absolute atomic E-state index is 0.0926. The molecule has 118 valence electrons. The number of furan rings is 1. The van der Waals surface area contributed by atoms with E-state index < -0.39 is 0 Å². The molecule has 6 nitrogen and oxygen atoms in total. The molecule has 0 aliphatic rings. The monoisotopic (exact) mass is 328 g/mol. The van der Waals surface area contributed by atoms with Gasteiger partial charge in [-0.25, -0.2) is 4.98 Å². The average Bonchev–Trinajstić information content (AvgIpc) is 3.25. The van der Waals surface area contributed by atoms with E-state index in [2.05, 4.69) is 20.5 Å². The van der Waals surface area contributed by atoms with Crippen LogP contribution in [0.25, 0.3) is 11.4 Å². The van der Waals surface area contributed by atoms with Gasteiger partial charge in [0.1, 0.15) is 5.76 Å². The molecule has 0 aliphatic heterocycles. The fourth-order valence-electron chi connectivity index (χ4n) is 2.06. The van der Waals surface area contributed by atoms with Gasteiger partial charge in [0.25, 0.3) is 0 Å². The number of hydrogen-bond acceptors (Lipinski definition) is 5. The van der Waals surface area contributed by atoms with Crippen molar-refractivity contribution in [1.29, 1.82) is 0 Å². The number of benzene rings is 1. The summed E-state index contributed by atoms with van der Waals surface area (Å²) in [5.41, 5.74) is 0.961. The second-order valence-corrected chi connectivity index (χ2v) is 5.87. The standard InChI is InChI=1S/C16H16N4O2S/c1-11(13-8-5-9-22-13)17-14(21)10-23-16-18-15(19-20-16)12-6-3-2-4-7-12/h2-9,11H,10H2,1H3,(H,17,21)(H,18,19,20). The predicted octanol–water partition coefficient (Wildman–Crippen LogP) is 3.03. The van der Waals surface area contributed by atoms with Crippen LogP contribution >= 0.6 is 11.8 Å². The summed E-state index contributed by atoms with van der Waals surface area (Å²) in [6.45, 7) is 1.88. The van der Waals surface area contributed by atoms with Crippen LogP contribution in [0.5, 0.6) is 0 Å². The van der Waals surface area contributed by atoms with Gasteiger partial charge in [-0.2, -0.15) is 0 Å². The number of nitrogens with one attached hydrogen (secondary N) is 2. The van der Waals surface area contributed by atoms with Gasteiger partial charge in [0.2, 0.25) is 11.1 Å². The number of amides is 1. The lowest BCUT2D eigenvalue weighted by molar-refractivity contribution is -0.119. The van der Waals surface area contributed by atoms with E-state index >= 15 is 0 Å². The topological polar surface area (TPSA) is 83.8 Å². The first-order chi connectivity index (χ1) is 11.2. The fourth-order valence-corrected chi connectivity index (χ4v) is 2.67. The van der Waals surface area contributed by atoms with E-state index in [4.69, 9.17) is 4.42 Å². The van der Waals surface area contributed by atoms with Gasteiger partial charge in [0.05, 0.1) is 18.1 Å². The quantitative estimate of drug-likeness (QED) is 0.680. The van der Waals surface area contributed by atoms with Crippen LogP contribution in [0.2, 0.25) is 0 Å². The van der Waals surface area contributed by atoms with Gasteiger partial charge in [-0.1, -0.05) is 42.1 Å². The predicted molar refractivity (Wildman–Crippen MR) is 87.8 cm³/mol. The minimum Gasteiger partial charge on any atom is -0.467 e. The molecule has 0 spiro atoms. The van der Waals surface area contributed by atoms with Gasteiger partial charge < -0.3 is 9.73 Å². The van der Waals surface area contributed by atoms with Crippen molar-refractivity contribution in [3.05, 3.63) is 54.5 Å². The van der Waals surface area contributed by atoms with Crippen molar-refractivity contribution in [1.82, 2.24) is 20.5 Å². The first-order valence-corrected chi connectivity index (χ1v) is 8.14. The largest absolute Gasteiger partial charge is 0.467 e. The Kier molecular flexibility index (Phi) is 4.77. The van der Waals surface area contributed by atoms with Crippen LogP contribution in [0.1, 0.15) is 18.7 Å². The SMILES string of the molecule is CC(NC(=O)CSc1n[nH]c(-c2ccccc2)n1)c1ccco1. The molecule has 1 atom stereocenters. The average molecular weight is 328 g/mol. The number of thioether (sulfide) groups is 1. The molecule has 0 radical (unpaired) electrons. The lowest BCUT2D eigenvalue weighted by atomic mass is 10.2. The first kappa shape index (κ1) is 15.4. The third-order valence-corrected chi connectivity index (χ3v) is 4.04. The maximum Gasteiger partial charge on any atom is 0.231 e. The van der Waals surface area contributed by atoms with Crippen LogP contribution in [0.4, 0.5) is 0 Å². The molecule has 2 N–H and O–H groups in total. The molecule has 0 aliphatic carbocycles. The number of nitrogens with zero attached hydrogens (tertiary/aromatic N) is 2. The van der Waals surface area contributed by atoms with Crippen LogP contribution in [0, 0.1) is 0 Å². The van der Waals surface area contributed by atoms with Crippen LogP contribution in [0.3, 0.4) is 0 Å².